The second-order valence-electron chi connectivity index (χ2n) is 8.27. The van der Waals surface area contributed by atoms with Gasteiger partial charge in [-0.15, -0.1) is 0 Å². The quantitative estimate of drug-likeness (QED) is 0.233. The fourth-order valence-electron chi connectivity index (χ4n) is 4.53. The van der Waals surface area contributed by atoms with Crippen molar-refractivity contribution in [1.82, 2.24) is 9.78 Å². The SMILES string of the molecule is Cc1[nH]n(-c2ccc(Cl)cc2)c(=O)c1C(c1ccc([N+](=O)[O-])cc1)c1c(O)ccc2ccccc12. The number of hydrogen-bond acceptors (Lipinski definition) is 4. The number of benzene rings is 4. The van der Waals surface area contributed by atoms with E-state index in [4.69, 9.17) is 11.6 Å². The number of aromatic nitrogens is 2. The van der Waals surface area contributed by atoms with Crippen molar-refractivity contribution in [3.8, 4) is 11.4 Å². The third kappa shape index (κ3) is 3.96. The van der Waals surface area contributed by atoms with Crippen LogP contribution in [0.25, 0.3) is 16.5 Å². The van der Waals surface area contributed by atoms with E-state index < -0.39 is 10.8 Å². The fraction of sp³-hybridized carbons (Fsp3) is 0.0741. The van der Waals surface area contributed by atoms with Crippen LogP contribution in [0, 0.1) is 17.0 Å². The summed E-state index contributed by atoms with van der Waals surface area (Å²) in [6, 6.07) is 24.0. The largest absolute Gasteiger partial charge is 0.508 e. The Bertz CT molecular complexity index is 1620. The van der Waals surface area contributed by atoms with E-state index >= 15 is 0 Å². The van der Waals surface area contributed by atoms with Crippen LogP contribution in [0.15, 0.2) is 89.7 Å². The van der Waals surface area contributed by atoms with Crippen molar-refractivity contribution < 1.29 is 10.0 Å². The Morgan fingerprint density at radius 3 is 2.31 bits per heavy atom. The lowest BCUT2D eigenvalue weighted by Crippen LogP contribution is -2.21. The molecule has 0 saturated carbocycles. The Balaban J connectivity index is 1.80. The molecule has 1 atom stereocenters. The van der Waals surface area contributed by atoms with E-state index in [1.165, 1.54) is 16.8 Å². The van der Waals surface area contributed by atoms with Gasteiger partial charge in [-0.3, -0.25) is 20.0 Å². The molecule has 174 valence electrons. The maximum atomic E-state index is 13.8. The molecule has 2 N–H and O–H groups in total. The molecule has 8 heteroatoms. The zero-order valence-electron chi connectivity index (χ0n) is 18.6. The van der Waals surface area contributed by atoms with E-state index in [0.29, 0.717) is 33.1 Å². The lowest BCUT2D eigenvalue weighted by Gasteiger charge is -2.20. The standard InChI is InChI=1S/C27H20ClN3O4/c1-16-24(27(33)30(29-16)20-13-9-19(28)10-14-20)25(18-6-11-21(12-7-18)31(34)35)26-22-5-3-2-4-17(22)8-15-23(26)32/h2-15,25,29,32H,1H3. The molecule has 0 radical (unpaired) electrons. The maximum Gasteiger partial charge on any atom is 0.275 e. The van der Waals surface area contributed by atoms with Gasteiger partial charge in [-0.2, -0.15) is 0 Å². The van der Waals surface area contributed by atoms with E-state index in [2.05, 4.69) is 5.10 Å². The number of nitro benzene ring substituents is 1. The van der Waals surface area contributed by atoms with Crippen LogP contribution in [0.2, 0.25) is 5.02 Å². The summed E-state index contributed by atoms with van der Waals surface area (Å²) < 4.78 is 1.43. The molecule has 0 spiro atoms. The normalized spacial score (nSPS) is 12.1. The molecule has 0 fully saturated rings. The highest BCUT2D eigenvalue weighted by Crippen LogP contribution is 2.41. The summed E-state index contributed by atoms with van der Waals surface area (Å²) in [5, 5.41) is 27.7. The number of aromatic hydroxyl groups is 1. The minimum atomic E-state index is -0.681. The van der Waals surface area contributed by atoms with E-state index in [1.807, 2.05) is 30.3 Å². The Kier molecular flexibility index (Phi) is 5.62. The van der Waals surface area contributed by atoms with E-state index in [1.54, 1.807) is 49.4 Å². The number of phenolic OH excluding ortho intramolecular Hbond substituents is 1. The highest BCUT2D eigenvalue weighted by molar-refractivity contribution is 6.30. The smallest absolute Gasteiger partial charge is 0.275 e. The van der Waals surface area contributed by atoms with Crippen LogP contribution in [0.5, 0.6) is 5.75 Å². The zero-order valence-corrected chi connectivity index (χ0v) is 19.4. The van der Waals surface area contributed by atoms with Crippen LogP contribution in [0.1, 0.15) is 28.3 Å². The van der Waals surface area contributed by atoms with Crippen molar-refractivity contribution in [2.24, 2.45) is 0 Å². The first-order chi connectivity index (χ1) is 16.8. The molecule has 35 heavy (non-hydrogen) atoms. The van der Waals surface area contributed by atoms with Crippen LogP contribution in [-0.2, 0) is 0 Å². The number of aromatic amines is 1. The Labute approximate surface area is 205 Å². The van der Waals surface area contributed by atoms with Crippen LogP contribution >= 0.6 is 11.6 Å². The maximum absolute atomic E-state index is 13.8. The summed E-state index contributed by atoms with van der Waals surface area (Å²) in [6.45, 7) is 1.80. The summed E-state index contributed by atoms with van der Waals surface area (Å²) in [6.07, 6.45) is 0. The molecule has 0 bridgehead atoms. The van der Waals surface area contributed by atoms with Crippen molar-refractivity contribution >= 4 is 28.1 Å². The third-order valence-corrected chi connectivity index (χ3v) is 6.42. The first-order valence-corrected chi connectivity index (χ1v) is 11.3. The number of nitro groups is 1. The minimum absolute atomic E-state index is 0.0325. The molecular formula is C27H20ClN3O4. The summed E-state index contributed by atoms with van der Waals surface area (Å²) in [7, 11) is 0. The highest BCUT2D eigenvalue weighted by atomic mass is 35.5. The Hall–Kier alpha value is -4.36. The molecule has 0 aliphatic heterocycles. The first kappa shape index (κ1) is 22.4. The topological polar surface area (TPSA) is 101 Å². The molecule has 4 aromatic carbocycles. The summed E-state index contributed by atoms with van der Waals surface area (Å²) in [5.41, 5.74) is 2.50. The monoisotopic (exact) mass is 485 g/mol. The number of nitrogens with zero attached hydrogens (tertiary/aromatic N) is 2. The second-order valence-corrected chi connectivity index (χ2v) is 8.71. The van der Waals surface area contributed by atoms with Crippen molar-refractivity contribution in [2.75, 3.05) is 0 Å². The van der Waals surface area contributed by atoms with Gasteiger partial charge in [-0.05, 0) is 53.6 Å². The van der Waals surface area contributed by atoms with Gasteiger partial charge in [-0.25, -0.2) is 4.68 Å². The van der Waals surface area contributed by atoms with Gasteiger partial charge in [0.05, 0.1) is 16.2 Å². The first-order valence-electron chi connectivity index (χ1n) is 10.9. The minimum Gasteiger partial charge on any atom is -0.508 e. The average Bonchev–Trinajstić information content (AvgIpc) is 3.15. The molecule has 0 aliphatic rings. The van der Waals surface area contributed by atoms with Crippen LogP contribution in [0.3, 0.4) is 0 Å². The molecule has 0 amide bonds. The molecular weight excluding hydrogens is 466 g/mol. The van der Waals surface area contributed by atoms with Crippen molar-refractivity contribution in [1.29, 1.82) is 0 Å². The van der Waals surface area contributed by atoms with Gasteiger partial charge >= 0.3 is 0 Å². The molecule has 5 aromatic rings. The number of phenols is 1. The summed E-state index contributed by atoms with van der Waals surface area (Å²) >= 11 is 6.02. The van der Waals surface area contributed by atoms with Crippen LogP contribution < -0.4 is 5.56 Å². The lowest BCUT2D eigenvalue weighted by molar-refractivity contribution is -0.384. The zero-order chi connectivity index (χ0) is 24.7. The summed E-state index contributed by atoms with van der Waals surface area (Å²) in [5.74, 6) is -0.649. The number of fused-ring (bicyclic) bond motifs is 1. The van der Waals surface area contributed by atoms with Gasteiger partial charge in [0.25, 0.3) is 11.2 Å². The number of hydrogen-bond donors (Lipinski definition) is 2. The molecule has 7 nitrogen and oxygen atoms in total. The van der Waals surface area contributed by atoms with Crippen molar-refractivity contribution in [3.63, 3.8) is 0 Å². The lowest BCUT2D eigenvalue weighted by atomic mass is 9.82. The van der Waals surface area contributed by atoms with Gasteiger partial charge < -0.3 is 5.11 Å². The number of nitrogens with one attached hydrogen (secondary N) is 1. The molecule has 1 unspecified atom stereocenters. The fourth-order valence-corrected chi connectivity index (χ4v) is 4.65. The number of non-ortho nitro benzene ring substituents is 1. The molecule has 0 aliphatic carbocycles. The molecule has 1 aromatic heterocycles. The molecule has 5 rings (SSSR count). The number of rotatable bonds is 5. The predicted molar refractivity (Wildman–Crippen MR) is 136 cm³/mol. The summed E-state index contributed by atoms with van der Waals surface area (Å²) in [4.78, 5) is 24.6. The van der Waals surface area contributed by atoms with Gasteiger partial charge in [0, 0.05) is 34.3 Å². The Morgan fingerprint density at radius 1 is 0.943 bits per heavy atom. The van der Waals surface area contributed by atoms with Gasteiger partial charge in [0.15, 0.2) is 0 Å². The van der Waals surface area contributed by atoms with Gasteiger partial charge in [0.1, 0.15) is 5.75 Å². The Morgan fingerprint density at radius 2 is 1.63 bits per heavy atom. The predicted octanol–water partition coefficient (Wildman–Crippen LogP) is 6.07. The molecule has 0 saturated heterocycles. The number of aryl methyl sites for hydroxylation is 1. The van der Waals surface area contributed by atoms with Gasteiger partial charge in [-0.1, -0.05) is 54.1 Å². The number of H-pyrrole nitrogens is 1. The van der Waals surface area contributed by atoms with Gasteiger partial charge in [0.2, 0.25) is 0 Å². The van der Waals surface area contributed by atoms with E-state index in [0.717, 1.165) is 10.8 Å². The third-order valence-electron chi connectivity index (χ3n) is 6.16. The van der Waals surface area contributed by atoms with Crippen molar-refractivity contribution in [3.05, 3.63) is 133 Å². The van der Waals surface area contributed by atoms with Crippen molar-refractivity contribution in [2.45, 2.75) is 12.8 Å². The van der Waals surface area contributed by atoms with E-state index in [9.17, 15) is 20.0 Å². The van der Waals surface area contributed by atoms with Crippen LogP contribution in [0.4, 0.5) is 5.69 Å². The highest BCUT2D eigenvalue weighted by Gasteiger charge is 2.29. The number of halogens is 1. The van der Waals surface area contributed by atoms with Crippen LogP contribution in [-0.4, -0.2) is 19.8 Å². The average molecular weight is 486 g/mol. The van der Waals surface area contributed by atoms with E-state index in [-0.39, 0.29) is 17.0 Å². The molecule has 1 heterocycles. The second kappa shape index (κ2) is 8.77.